The summed E-state index contributed by atoms with van der Waals surface area (Å²) in [7, 11) is -2.50. The van der Waals surface area contributed by atoms with Crippen molar-refractivity contribution in [3.63, 3.8) is 0 Å². The predicted octanol–water partition coefficient (Wildman–Crippen LogP) is 7.60. The second kappa shape index (κ2) is 11.6. The molecular weight excluding hydrogens is 507 g/mol. The Labute approximate surface area is 236 Å². The van der Waals surface area contributed by atoms with Crippen LogP contribution >= 0.6 is 7.05 Å². The van der Waals surface area contributed by atoms with Crippen molar-refractivity contribution in [2.75, 3.05) is 5.32 Å². The molecule has 0 amide bonds. The molecule has 0 saturated heterocycles. The predicted molar refractivity (Wildman–Crippen MR) is 169 cm³/mol. The van der Waals surface area contributed by atoms with Gasteiger partial charge in [0, 0.05) is 33.7 Å². The highest BCUT2D eigenvalue weighted by atomic mass is 31.2. The van der Waals surface area contributed by atoms with Crippen LogP contribution in [-0.2, 0) is 6.54 Å². The molecule has 5 aromatic carbocycles. The van der Waals surface area contributed by atoms with Gasteiger partial charge in [-0.15, -0.1) is 0 Å². The van der Waals surface area contributed by atoms with Gasteiger partial charge in [-0.1, -0.05) is 127 Å². The van der Waals surface area contributed by atoms with Crippen LogP contribution in [0.1, 0.15) is 11.3 Å². The first kappa shape index (κ1) is 25.6. The molecule has 0 bridgehead atoms. The van der Waals surface area contributed by atoms with Gasteiger partial charge in [-0.25, -0.2) is 9.43 Å². The number of aromatic nitrogens is 2. The molecule has 196 valence electrons. The molecule has 0 atom stereocenters. The van der Waals surface area contributed by atoms with Gasteiger partial charge in [0.2, 0.25) is 0 Å². The molecule has 0 aliphatic carbocycles. The third kappa shape index (κ3) is 5.02. The average molecular weight is 539 g/mol. The van der Waals surface area contributed by atoms with Gasteiger partial charge in [-0.2, -0.15) is 5.10 Å². The molecule has 0 radical (unpaired) electrons. The van der Waals surface area contributed by atoms with Crippen LogP contribution in [0.3, 0.4) is 0 Å². The van der Waals surface area contributed by atoms with Crippen molar-refractivity contribution in [2.24, 2.45) is 4.74 Å². The number of aryl methyl sites for hydroxylation is 1. The number of hydrogen-bond acceptors (Lipinski definition) is 3. The lowest BCUT2D eigenvalue weighted by Crippen LogP contribution is -2.25. The van der Waals surface area contributed by atoms with E-state index in [1.54, 1.807) is 0 Å². The Balaban J connectivity index is 1.68. The summed E-state index contributed by atoms with van der Waals surface area (Å²) in [4.78, 5) is 0. The van der Waals surface area contributed by atoms with E-state index in [4.69, 9.17) is 9.84 Å². The second-order valence-corrected chi connectivity index (χ2v) is 12.6. The molecule has 1 heterocycles. The summed E-state index contributed by atoms with van der Waals surface area (Å²) < 4.78 is 7.90. The number of para-hydroxylation sites is 2. The fourth-order valence-electron chi connectivity index (χ4n) is 5.05. The zero-order valence-corrected chi connectivity index (χ0v) is 23.3. The molecule has 1 aromatic heterocycles. The minimum absolute atomic E-state index is 0.611. The van der Waals surface area contributed by atoms with Crippen LogP contribution in [0.25, 0.3) is 5.69 Å². The van der Waals surface area contributed by atoms with E-state index >= 15 is 0 Å². The zero-order chi connectivity index (χ0) is 27.2. The smallest absolute Gasteiger partial charge is 0.160 e. The van der Waals surface area contributed by atoms with Crippen molar-refractivity contribution in [2.45, 2.75) is 13.5 Å². The molecule has 6 aromatic rings. The van der Waals surface area contributed by atoms with Crippen molar-refractivity contribution in [3.8, 4) is 5.69 Å². The molecule has 6 rings (SSSR count). The van der Waals surface area contributed by atoms with Gasteiger partial charge in [-0.3, -0.25) is 0 Å². The highest BCUT2D eigenvalue weighted by Gasteiger charge is 2.29. The van der Waals surface area contributed by atoms with Gasteiger partial charge < -0.3 is 5.32 Å². The topological polar surface area (TPSA) is 42.2 Å². The largest absolute Gasteiger partial charge is 0.381 e. The van der Waals surface area contributed by atoms with Crippen LogP contribution < -0.4 is 21.2 Å². The monoisotopic (exact) mass is 538 g/mol. The van der Waals surface area contributed by atoms with Crippen LogP contribution in [0.2, 0.25) is 0 Å². The summed E-state index contributed by atoms with van der Waals surface area (Å²) >= 11 is 0. The molecule has 0 unspecified atom stereocenters. The second-order valence-electron chi connectivity index (χ2n) is 9.60. The minimum Gasteiger partial charge on any atom is -0.381 e. The number of nitrogens with one attached hydrogen (secondary N) is 1. The minimum atomic E-state index is -2.50. The summed E-state index contributed by atoms with van der Waals surface area (Å²) in [6.07, 6.45) is 0. The maximum absolute atomic E-state index is 5.88. The van der Waals surface area contributed by atoms with E-state index in [9.17, 15) is 0 Å². The lowest BCUT2D eigenvalue weighted by Gasteiger charge is -2.27. The van der Waals surface area contributed by atoms with Crippen molar-refractivity contribution in [3.05, 3.63) is 163 Å². The summed E-state index contributed by atoms with van der Waals surface area (Å²) in [6, 6.07) is 52.8. The van der Waals surface area contributed by atoms with Crippen molar-refractivity contribution in [1.82, 2.24) is 9.78 Å². The SMILES string of the molecule is Cc1nn(-c2ccccc2)c(N=P(c2ccccc2)(c2ccccc2)c2ccccc2)c1CNc1ccccc1. The molecule has 0 spiro atoms. The van der Waals surface area contributed by atoms with Crippen LogP contribution in [0.5, 0.6) is 0 Å². The Bertz CT molecular complexity index is 1630. The van der Waals surface area contributed by atoms with Crippen molar-refractivity contribution >= 4 is 34.5 Å². The fourth-order valence-corrected chi connectivity index (χ4v) is 8.59. The number of hydrogen-bond donors (Lipinski definition) is 1. The maximum Gasteiger partial charge on any atom is 0.160 e. The van der Waals surface area contributed by atoms with Gasteiger partial charge in [0.25, 0.3) is 0 Å². The van der Waals surface area contributed by atoms with Crippen LogP contribution in [0.4, 0.5) is 11.5 Å². The number of rotatable bonds is 8. The highest BCUT2D eigenvalue weighted by Crippen LogP contribution is 2.50. The third-order valence-electron chi connectivity index (χ3n) is 7.04. The molecule has 0 fully saturated rings. The summed E-state index contributed by atoms with van der Waals surface area (Å²) in [5, 5.41) is 12.3. The first-order chi connectivity index (χ1) is 19.8. The van der Waals surface area contributed by atoms with E-state index < -0.39 is 7.05 Å². The molecular formula is C35H31N4P. The van der Waals surface area contributed by atoms with Crippen molar-refractivity contribution < 1.29 is 0 Å². The van der Waals surface area contributed by atoms with Crippen LogP contribution in [-0.4, -0.2) is 9.78 Å². The van der Waals surface area contributed by atoms with Crippen molar-refractivity contribution in [1.29, 1.82) is 0 Å². The highest BCUT2D eigenvalue weighted by molar-refractivity contribution is 7.87. The Kier molecular flexibility index (Phi) is 7.43. The number of nitrogens with zero attached hydrogens (tertiary/aromatic N) is 3. The Morgan fingerprint density at radius 3 is 1.50 bits per heavy atom. The van der Waals surface area contributed by atoms with E-state index in [2.05, 4.69) is 128 Å². The average Bonchev–Trinajstić information content (AvgIpc) is 3.35. The molecule has 0 aliphatic rings. The molecule has 4 nitrogen and oxygen atoms in total. The van der Waals surface area contributed by atoms with Crippen LogP contribution in [0, 0.1) is 6.92 Å². The fraction of sp³-hybridized carbons (Fsp3) is 0.0571. The van der Waals surface area contributed by atoms with E-state index in [0.717, 1.165) is 28.5 Å². The summed E-state index contributed by atoms with van der Waals surface area (Å²) in [5.74, 6) is 0.872. The summed E-state index contributed by atoms with van der Waals surface area (Å²) in [5.41, 5.74) is 4.09. The molecule has 0 saturated carbocycles. The Hall–Kier alpha value is -4.66. The number of benzene rings is 5. The lowest BCUT2D eigenvalue weighted by molar-refractivity contribution is 0.864. The normalized spacial score (nSPS) is 11.2. The third-order valence-corrected chi connectivity index (χ3v) is 10.7. The lowest BCUT2D eigenvalue weighted by atomic mass is 10.2. The van der Waals surface area contributed by atoms with Gasteiger partial charge in [0.05, 0.1) is 18.4 Å². The molecule has 1 N–H and O–H groups in total. The van der Waals surface area contributed by atoms with E-state index in [-0.39, 0.29) is 0 Å². The Morgan fingerprint density at radius 2 is 1.02 bits per heavy atom. The quantitative estimate of drug-likeness (QED) is 0.203. The van der Waals surface area contributed by atoms with E-state index in [0.29, 0.717) is 6.54 Å². The standard InChI is InChI=1S/C35H31N4P/c1-28-34(27-36-29-17-7-2-8-18-29)35(39(37-28)30-19-9-3-10-20-30)38-40(31-21-11-4-12-22-31,32-23-13-5-14-24-32)33-25-15-6-16-26-33/h2-26,36H,27H2,1H3. The number of anilines is 1. The first-order valence-corrected chi connectivity index (χ1v) is 15.2. The maximum atomic E-state index is 5.88. The van der Waals surface area contributed by atoms with Crippen LogP contribution in [0.15, 0.2) is 156 Å². The Morgan fingerprint density at radius 1 is 0.600 bits per heavy atom. The molecule has 0 aliphatic heterocycles. The van der Waals surface area contributed by atoms with Gasteiger partial charge in [-0.05, 0) is 31.2 Å². The van der Waals surface area contributed by atoms with Gasteiger partial charge >= 0.3 is 0 Å². The molecule has 40 heavy (non-hydrogen) atoms. The van der Waals surface area contributed by atoms with E-state index in [1.165, 1.54) is 15.9 Å². The van der Waals surface area contributed by atoms with Gasteiger partial charge in [0.1, 0.15) is 0 Å². The molecule has 5 heteroatoms. The first-order valence-electron chi connectivity index (χ1n) is 13.5. The van der Waals surface area contributed by atoms with Gasteiger partial charge in [0.15, 0.2) is 5.82 Å². The summed E-state index contributed by atoms with van der Waals surface area (Å²) in [6.45, 7) is 2.69. The van der Waals surface area contributed by atoms with E-state index in [1.807, 2.05) is 41.1 Å². The zero-order valence-electron chi connectivity index (χ0n) is 22.4.